The van der Waals surface area contributed by atoms with Crippen molar-refractivity contribution in [2.45, 2.75) is 49.3 Å². The van der Waals surface area contributed by atoms with E-state index >= 15 is 0 Å². The van der Waals surface area contributed by atoms with Gasteiger partial charge in [-0.25, -0.2) is 8.42 Å². The van der Waals surface area contributed by atoms with Gasteiger partial charge in [0.25, 0.3) is 10.0 Å². The second-order valence-electron chi connectivity index (χ2n) is 5.54. The molecule has 0 saturated heterocycles. The molecule has 0 aliphatic heterocycles. The van der Waals surface area contributed by atoms with Crippen molar-refractivity contribution in [3.63, 3.8) is 0 Å². The van der Waals surface area contributed by atoms with Crippen molar-refractivity contribution in [1.29, 1.82) is 0 Å². The van der Waals surface area contributed by atoms with Gasteiger partial charge >= 0.3 is 5.97 Å². The first-order chi connectivity index (χ1) is 9.25. The Kier molecular flexibility index (Phi) is 4.22. The summed E-state index contributed by atoms with van der Waals surface area (Å²) in [6, 6.07) is 3.24. The molecule has 0 aromatic carbocycles. The Labute approximate surface area is 123 Å². The van der Waals surface area contributed by atoms with Crippen LogP contribution in [-0.2, 0) is 14.8 Å². The summed E-state index contributed by atoms with van der Waals surface area (Å²) in [7, 11) is -3.77. The zero-order valence-corrected chi connectivity index (χ0v) is 13.2. The molecular weight excluding hydrogens is 298 g/mol. The van der Waals surface area contributed by atoms with Crippen molar-refractivity contribution < 1.29 is 18.3 Å². The minimum atomic E-state index is -3.77. The Morgan fingerprint density at radius 2 is 2.00 bits per heavy atom. The molecule has 1 aromatic heterocycles. The number of rotatable bonds is 4. The number of nitrogens with one attached hydrogen (secondary N) is 1. The quantitative estimate of drug-likeness (QED) is 0.893. The van der Waals surface area contributed by atoms with Crippen LogP contribution in [0.2, 0.25) is 0 Å². The van der Waals surface area contributed by atoms with Crippen LogP contribution in [0.5, 0.6) is 0 Å². The zero-order chi connectivity index (χ0) is 15.0. The number of carboxylic acids is 1. The summed E-state index contributed by atoms with van der Waals surface area (Å²) < 4.78 is 27.3. The summed E-state index contributed by atoms with van der Waals surface area (Å²) in [5.41, 5.74) is -1.36. The topological polar surface area (TPSA) is 83.5 Å². The number of carbonyl (C=O) groups is 1. The second-order valence-corrected chi connectivity index (χ2v) is 8.74. The van der Waals surface area contributed by atoms with Gasteiger partial charge in [0.05, 0.1) is 0 Å². The summed E-state index contributed by atoms with van der Waals surface area (Å²) in [6.07, 6.45) is 2.12. The minimum absolute atomic E-state index is 0.175. The van der Waals surface area contributed by atoms with E-state index in [4.69, 9.17) is 0 Å². The summed E-state index contributed by atoms with van der Waals surface area (Å²) >= 11 is 1.15. The normalized spacial score (nSPS) is 27.4. The van der Waals surface area contributed by atoms with Crippen LogP contribution in [0.1, 0.15) is 37.5 Å². The van der Waals surface area contributed by atoms with Crippen molar-refractivity contribution in [3.05, 3.63) is 17.0 Å². The van der Waals surface area contributed by atoms with Gasteiger partial charge < -0.3 is 5.11 Å². The first-order valence-electron chi connectivity index (χ1n) is 6.59. The molecule has 1 aliphatic carbocycles. The number of hydrogen-bond donors (Lipinski definition) is 2. The van der Waals surface area contributed by atoms with E-state index in [2.05, 4.69) is 11.6 Å². The van der Waals surface area contributed by atoms with Crippen molar-refractivity contribution in [2.75, 3.05) is 0 Å². The van der Waals surface area contributed by atoms with Gasteiger partial charge in [0.1, 0.15) is 9.75 Å². The lowest BCUT2D eigenvalue weighted by atomic mass is 9.78. The first kappa shape index (κ1) is 15.5. The van der Waals surface area contributed by atoms with E-state index in [-0.39, 0.29) is 4.21 Å². The number of carboxylic acid groups (broad SMARTS) is 1. The lowest BCUT2D eigenvalue weighted by molar-refractivity contribution is -0.145. The van der Waals surface area contributed by atoms with Crippen LogP contribution < -0.4 is 4.72 Å². The van der Waals surface area contributed by atoms with Gasteiger partial charge in [-0.15, -0.1) is 11.3 Å². The zero-order valence-electron chi connectivity index (χ0n) is 11.5. The summed E-state index contributed by atoms with van der Waals surface area (Å²) in [5, 5.41) is 9.47. The maximum Gasteiger partial charge on any atom is 0.324 e. The van der Waals surface area contributed by atoms with E-state index in [9.17, 15) is 18.3 Å². The third-order valence-corrected chi connectivity index (χ3v) is 6.88. The average Bonchev–Trinajstić information content (AvgIpc) is 2.79. The molecule has 1 saturated carbocycles. The van der Waals surface area contributed by atoms with Gasteiger partial charge in [-0.3, -0.25) is 4.79 Å². The smallest absolute Gasteiger partial charge is 0.324 e. The van der Waals surface area contributed by atoms with Crippen molar-refractivity contribution in [1.82, 2.24) is 4.72 Å². The number of aryl methyl sites for hydroxylation is 1. The lowest BCUT2D eigenvalue weighted by Gasteiger charge is -2.35. The van der Waals surface area contributed by atoms with Gasteiger partial charge in [-0.05, 0) is 50.7 Å². The molecule has 0 amide bonds. The molecular formula is C13H19NO4S2. The summed E-state index contributed by atoms with van der Waals surface area (Å²) in [4.78, 5) is 12.5. The van der Waals surface area contributed by atoms with Gasteiger partial charge in [-0.1, -0.05) is 6.92 Å². The molecule has 0 unspecified atom stereocenters. The van der Waals surface area contributed by atoms with E-state index in [1.165, 1.54) is 6.07 Å². The van der Waals surface area contributed by atoms with Gasteiger partial charge in [0.15, 0.2) is 0 Å². The highest BCUT2D eigenvalue weighted by atomic mass is 32.2. The molecule has 2 N–H and O–H groups in total. The first-order valence-corrected chi connectivity index (χ1v) is 8.89. The third-order valence-electron chi connectivity index (χ3n) is 3.85. The predicted octanol–water partition coefficient (Wildman–Crippen LogP) is 2.37. The molecule has 5 nitrogen and oxygen atoms in total. The van der Waals surface area contributed by atoms with E-state index < -0.39 is 21.5 Å². The van der Waals surface area contributed by atoms with Gasteiger partial charge in [0.2, 0.25) is 0 Å². The molecule has 0 spiro atoms. The van der Waals surface area contributed by atoms with Crippen molar-refractivity contribution in [3.8, 4) is 0 Å². The van der Waals surface area contributed by atoms with Crippen LogP contribution in [0.3, 0.4) is 0 Å². The highest BCUT2D eigenvalue weighted by Gasteiger charge is 2.44. The van der Waals surface area contributed by atoms with E-state index in [1.54, 1.807) is 6.07 Å². The maximum absolute atomic E-state index is 12.3. The van der Waals surface area contributed by atoms with Crippen LogP contribution in [0.25, 0.3) is 0 Å². The third kappa shape index (κ3) is 3.05. The van der Waals surface area contributed by atoms with Crippen LogP contribution in [0, 0.1) is 12.8 Å². The minimum Gasteiger partial charge on any atom is -0.480 e. The van der Waals surface area contributed by atoms with Crippen LogP contribution >= 0.6 is 11.3 Å². The molecule has 1 aliphatic rings. The van der Waals surface area contributed by atoms with Gasteiger partial charge in [0, 0.05) is 4.88 Å². The number of sulfonamides is 1. The summed E-state index contributed by atoms with van der Waals surface area (Å²) in [5.74, 6) is -0.641. The Balaban J connectivity index is 2.27. The molecule has 0 radical (unpaired) electrons. The summed E-state index contributed by atoms with van der Waals surface area (Å²) in [6.45, 7) is 3.88. The molecule has 2 rings (SSSR count). The molecule has 7 heteroatoms. The average molecular weight is 317 g/mol. The van der Waals surface area contributed by atoms with Crippen molar-refractivity contribution >= 4 is 27.3 Å². The van der Waals surface area contributed by atoms with Crippen LogP contribution in [0.15, 0.2) is 16.3 Å². The Morgan fingerprint density at radius 3 is 2.45 bits per heavy atom. The molecule has 0 atom stereocenters. The fourth-order valence-electron chi connectivity index (χ4n) is 2.48. The van der Waals surface area contributed by atoms with Crippen molar-refractivity contribution in [2.24, 2.45) is 5.92 Å². The lowest BCUT2D eigenvalue weighted by Crippen LogP contribution is -2.56. The van der Waals surface area contributed by atoms with Gasteiger partial charge in [-0.2, -0.15) is 4.72 Å². The van der Waals surface area contributed by atoms with Crippen LogP contribution in [0.4, 0.5) is 0 Å². The van der Waals surface area contributed by atoms with E-state index in [1.807, 2.05) is 6.92 Å². The maximum atomic E-state index is 12.3. The monoisotopic (exact) mass is 317 g/mol. The molecule has 1 aromatic rings. The molecule has 1 heterocycles. The second kappa shape index (κ2) is 5.46. The van der Waals surface area contributed by atoms with E-state index in [0.29, 0.717) is 18.8 Å². The highest BCUT2D eigenvalue weighted by molar-refractivity contribution is 7.91. The van der Waals surface area contributed by atoms with E-state index in [0.717, 1.165) is 29.1 Å². The highest BCUT2D eigenvalue weighted by Crippen LogP contribution is 2.34. The molecule has 0 bridgehead atoms. The predicted molar refractivity (Wildman–Crippen MR) is 77.4 cm³/mol. The standard InChI is InChI=1S/C13H19NO4S2/c1-9-5-7-13(8-6-9,12(15)16)14-20(17,18)11-4-3-10(2)19-11/h3-4,9,14H,5-8H2,1-2H3,(H,15,16). The SMILES string of the molecule is Cc1ccc(S(=O)(=O)NC2(C(=O)O)CCC(C)CC2)s1. The van der Waals surface area contributed by atoms with Crippen LogP contribution in [-0.4, -0.2) is 25.0 Å². The Morgan fingerprint density at radius 1 is 1.40 bits per heavy atom. The molecule has 1 fully saturated rings. The number of aliphatic carboxylic acids is 1. The fraction of sp³-hybridized carbons (Fsp3) is 0.615. The fourth-order valence-corrected chi connectivity index (χ4v) is 5.18. The Bertz CT molecular complexity index is 598. The molecule has 112 valence electrons. The number of hydrogen-bond acceptors (Lipinski definition) is 4. The molecule has 20 heavy (non-hydrogen) atoms. The largest absolute Gasteiger partial charge is 0.480 e. The number of thiophene rings is 1. The Hall–Kier alpha value is -0.920.